The van der Waals surface area contributed by atoms with Crippen LogP contribution in [-0.2, 0) is 16.0 Å². The molecule has 0 aromatic heterocycles. The van der Waals surface area contributed by atoms with Crippen LogP contribution in [0.2, 0.25) is 0 Å². The summed E-state index contributed by atoms with van der Waals surface area (Å²) in [4.78, 5) is 12.0. The zero-order valence-electron chi connectivity index (χ0n) is 11.4. The van der Waals surface area contributed by atoms with E-state index in [0.717, 1.165) is 37.3 Å². The van der Waals surface area contributed by atoms with E-state index in [1.54, 1.807) is 0 Å². The van der Waals surface area contributed by atoms with Crippen molar-refractivity contribution in [3.05, 3.63) is 29.8 Å². The Balaban J connectivity index is 1.81. The molecular weight excluding hydrogens is 240 g/mol. The zero-order valence-corrected chi connectivity index (χ0v) is 11.4. The molecule has 1 atom stereocenters. The van der Waals surface area contributed by atoms with Crippen molar-refractivity contribution >= 4 is 11.6 Å². The van der Waals surface area contributed by atoms with Gasteiger partial charge in [0.05, 0.1) is 6.42 Å². The fraction of sp³-hybridized carbons (Fsp3) is 0.533. The van der Waals surface area contributed by atoms with Crippen LogP contribution in [0.5, 0.6) is 0 Å². The maximum Gasteiger partial charge on any atom is 0.224 e. The molecule has 4 heteroatoms. The summed E-state index contributed by atoms with van der Waals surface area (Å²) in [7, 11) is 0. The summed E-state index contributed by atoms with van der Waals surface area (Å²) in [6.45, 7) is 3.70. The van der Waals surface area contributed by atoms with E-state index < -0.39 is 0 Å². The molecule has 0 radical (unpaired) electrons. The van der Waals surface area contributed by atoms with Crippen LogP contribution in [0.3, 0.4) is 0 Å². The lowest BCUT2D eigenvalue weighted by atomic mass is 9.93. The first-order valence-electron chi connectivity index (χ1n) is 6.86. The molecule has 0 saturated carbocycles. The zero-order chi connectivity index (χ0) is 13.7. The van der Waals surface area contributed by atoms with Crippen molar-refractivity contribution in [3.8, 4) is 0 Å². The van der Waals surface area contributed by atoms with Crippen LogP contribution in [0.25, 0.3) is 0 Å². The van der Waals surface area contributed by atoms with E-state index in [1.807, 2.05) is 24.3 Å². The standard InChI is InChI=1S/C15H22N2O2/c1-11(13-6-8-19-9-7-13)17-15(18)10-12-2-4-14(16)5-3-12/h2-5,11,13H,6-10,16H2,1H3,(H,17,18). The van der Waals surface area contributed by atoms with Crippen LogP contribution in [0.15, 0.2) is 24.3 Å². The lowest BCUT2D eigenvalue weighted by molar-refractivity contribution is -0.121. The van der Waals surface area contributed by atoms with Crippen LogP contribution >= 0.6 is 0 Å². The highest BCUT2D eigenvalue weighted by atomic mass is 16.5. The molecule has 1 aliphatic heterocycles. The minimum atomic E-state index is 0.0729. The van der Waals surface area contributed by atoms with Gasteiger partial charge in [-0.1, -0.05) is 12.1 Å². The molecule has 1 amide bonds. The maximum atomic E-state index is 12.0. The van der Waals surface area contributed by atoms with Gasteiger partial charge in [0.1, 0.15) is 0 Å². The monoisotopic (exact) mass is 262 g/mol. The van der Waals surface area contributed by atoms with Gasteiger partial charge in [-0.25, -0.2) is 0 Å². The second-order valence-electron chi connectivity index (χ2n) is 5.22. The van der Waals surface area contributed by atoms with Gasteiger partial charge in [0.25, 0.3) is 0 Å². The molecule has 0 aliphatic carbocycles. The fourth-order valence-corrected chi connectivity index (χ4v) is 2.46. The molecule has 4 nitrogen and oxygen atoms in total. The highest BCUT2D eigenvalue weighted by Gasteiger charge is 2.21. The van der Waals surface area contributed by atoms with Gasteiger partial charge in [-0.2, -0.15) is 0 Å². The first kappa shape index (κ1) is 13.9. The number of ether oxygens (including phenoxy) is 1. The maximum absolute atomic E-state index is 12.0. The topological polar surface area (TPSA) is 64.4 Å². The van der Waals surface area contributed by atoms with E-state index in [9.17, 15) is 4.79 Å². The van der Waals surface area contributed by atoms with Crippen molar-refractivity contribution in [2.45, 2.75) is 32.2 Å². The number of anilines is 1. The van der Waals surface area contributed by atoms with Gasteiger partial charge >= 0.3 is 0 Å². The molecule has 1 unspecified atom stereocenters. The highest BCUT2D eigenvalue weighted by molar-refractivity contribution is 5.78. The molecule has 1 fully saturated rings. The van der Waals surface area contributed by atoms with Crippen molar-refractivity contribution < 1.29 is 9.53 Å². The number of benzene rings is 1. The van der Waals surface area contributed by atoms with Gasteiger partial charge in [0, 0.05) is 24.9 Å². The molecule has 1 aliphatic rings. The van der Waals surface area contributed by atoms with Crippen molar-refractivity contribution in [3.63, 3.8) is 0 Å². The number of rotatable bonds is 4. The Morgan fingerprint density at radius 2 is 2.00 bits per heavy atom. The summed E-state index contributed by atoms with van der Waals surface area (Å²) in [5, 5.41) is 3.09. The van der Waals surface area contributed by atoms with Crippen molar-refractivity contribution in [2.24, 2.45) is 5.92 Å². The average Bonchev–Trinajstić information content (AvgIpc) is 2.42. The summed E-state index contributed by atoms with van der Waals surface area (Å²) >= 11 is 0. The van der Waals surface area contributed by atoms with Crippen molar-refractivity contribution in [1.29, 1.82) is 0 Å². The van der Waals surface area contributed by atoms with Crippen LogP contribution in [-0.4, -0.2) is 25.2 Å². The number of amides is 1. The molecule has 3 N–H and O–H groups in total. The third-order valence-electron chi connectivity index (χ3n) is 3.71. The van der Waals surface area contributed by atoms with Gasteiger partial charge in [-0.05, 0) is 43.4 Å². The molecular formula is C15H22N2O2. The molecule has 1 saturated heterocycles. The normalized spacial score (nSPS) is 17.9. The summed E-state index contributed by atoms with van der Waals surface area (Å²) in [5.41, 5.74) is 7.34. The van der Waals surface area contributed by atoms with Gasteiger partial charge in [0.15, 0.2) is 0 Å². The van der Waals surface area contributed by atoms with E-state index in [2.05, 4.69) is 12.2 Å². The van der Waals surface area contributed by atoms with Gasteiger partial charge in [-0.15, -0.1) is 0 Å². The molecule has 0 spiro atoms. The Morgan fingerprint density at radius 3 is 2.63 bits per heavy atom. The molecule has 104 valence electrons. The SMILES string of the molecule is CC(NC(=O)Cc1ccc(N)cc1)C1CCOCC1. The summed E-state index contributed by atoms with van der Waals surface area (Å²) in [6.07, 6.45) is 2.47. The van der Waals surface area contributed by atoms with Crippen LogP contribution in [0.1, 0.15) is 25.3 Å². The van der Waals surface area contributed by atoms with Crippen molar-refractivity contribution in [2.75, 3.05) is 18.9 Å². The number of carbonyl (C=O) groups excluding carboxylic acids is 1. The Morgan fingerprint density at radius 1 is 1.37 bits per heavy atom. The fourth-order valence-electron chi connectivity index (χ4n) is 2.46. The third kappa shape index (κ3) is 4.24. The Kier molecular flexibility index (Phi) is 4.80. The van der Waals surface area contributed by atoms with E-state index in [1.165, 1.54) is 0 Å². The average molecular weight is 262 g/mol. The van der Waals surface area contributed by atoms with Gasteiger partial charge in [0.2, 0.25) is 5.91 Å². The minimum absolute atomic E-state index is 0.0729. The van der Waals surface area contributed by atoms with Crippen LogP contribution in [0, 0.1) is 5.92 Å². The van der Waals surface area contributed by atoms with Crippen LogP contribution < -0.4 is 11.1 Å². The highest BCUT2D eigenvalue weighted by Crippen LogP contribution is 2.18. The first-order valence-corrected chi connectivity index (χ1v) is 6.86. The first-order chi connectivity index (χ1) is 9.15. The number of hydrogen-bond donors (Lipinski definition) is 2. The lowest BCUT2D eigenvalue weighted by Gasteiger charge is -2.28. The number of nitrogens with two attached hydrogens (primary N) is 1. The second kappa shape index (κ2) is 6.57. The predicted molar refractivity (Wildman–Crippen MR) is 75.7 cm³/mol. The largest absolute Gasteiger partial charge is 0.399 e. The number of nitrogen functional groups attached to an aromatic ring is 1. The van der Waals surface area contributed by atoms with Crippen LogP contribution in [0.4, 0.5) is 5.69 Å². The quantitative estimate of drug-likeness (QED) is 0.812. The molecule has 19 heavy (non-hydrogen) atoms. The number of nitrogens with one attached hydrogen (secondary N) is 1. The lowest BCUT2D eigenvalue weighted by Crippen LogP contribution is -2.40. The molecule has 1 aromatic carbocycles. The van der Waals surface area contributed by atoms with E-state index in [0.29, 0.717) is 12.3 Å². The number of carbonyl (C=O) groups is 1. The molecule has 1 heterocycles. The van der Waals surface area contributed by atoms with Gasteiger partial charge < -0.3 is 15.8 Å². The molecule has 2 rings (SSSR count). The molecule has 0 bridgehead atoms. The number of hydrogen-bond acceptors (Lipinski definition) is 3. The summed E-state index contributed by atoms with van der Waals surface area (Å²) in [6, 6.07) is 7.65. The molecule has 1 aromatic rings. The Bertz CT molecular complexity index is 411. The minimum Gasteiger partial charge on any atom is -0.399 e. The van der Waals surface area contributed by atoms with Crippen molar-refractivity contribution in [1.82, 2.24) is 5.32 Å². The van der Waals surface area contributed by atoms with E-state index >= 15 is 0 Å². The van der Waals surface area contributed by atoms with Gasteiger partial charge in [-0.3, -0.25) is 4.79 Å². The van der Waals surface area contributed by atoms with E-state index in [-0.39, 0.29) is 11.9 Å². The van der Waals surface area contributed by atoms with E-state index in [4.69, 9.17) is 10.5 Å². The summed E-state index contributed by atoms with van der Waals surface area (Å²) < 4.78 is 5.34. The Hall–Kier alpha value is -1.55. The predicted octanol–water partition coefficient (Wildman–Crippen LogP) is 1.74. The smallest absolute Gasteiger partial charge is 0.224 e. The Labute approximate surface area is 114 Å². The second-order valence-corrected chi connectivity index (χ2v) is 5.22. The third-order valence-corrected chi connectivity index (χ3v) is 3.71. The summed E-state index contributed by atoms with van der Waals surface area (Å²) in [5.74, 6) is 0.605.